The Kier molecular flexibility index (Phi) is 4.80. The van der Waals surface area contributed by atoms with Crippen LogP contribution >= 0.6 is 0 Å². The molecule has 0 saturated carbocycles. The van der Waals surface area contributed by atoms with E-state index in [0.29, 0.717) is 18.2 Å². The molecule has 0 spiro atoms. The van der Waals surface area contributed by atoms with E-state index in [9.17, 15) is 9.90 Å². The molecule has 1 N–H and O–H groups in total. The average molecular weight is 303 g/mol. The molecule has 2 rings (SSSR count). The second-order valence-corrected chi connectivity index (χ2v) is 5.82. The van der Waals surface area contributed by atoms with Crippen LogP contribution in [-0.2, 0) is 13.2 Å². The molecule has 0 aliphatic rings. The highest BCUT2D eigenvalue weighted by Gasteiger charge is 2.20. The van der Waals surface area contributed by atoms with Crippen molar-refractivity contribution >= 4 is 5.97 Å². The van der Waals surface area contributed by atoms with Crippen molar-refractivity contribution in [3.8, 4) is 5.75 Å². The van der Waals surface area contributed by atoms with Crippen LogP contribution in [0.5, 0.6) is 5.75 Å². The van der Waals surface area contributed by atoms with Crippen LogP contribution in [0.25, 0.3) is 0 Å². The molecule has 22 heavy (non-hydrogen) atoms. The standard InChI is InChI=1S/C16H21N3O3/c1-10(2)8-19-13(15(16(20)21)17-18-19)9-22-14-7-11(3)5-6-12(14)4/h5-7,10H,8-9H2,1-4H3,(H,20,21). The quantitative estimate of drug-likeness (QED) is 0.888. The van der Waals surface area contributed by atoms with E-state index in [-0.39, 0.29) is 12.3 Å². The van der Waals surface area contributed by atoms with Crippen LogP contribution in [0.15, 0.2) is 18.2 Å². The number of aryl methyl sites for hydroxylation is 2. The van der Waals surface area contributed by atoms with Crippen molar-refractivity contribution in [3.63, 3.8) is 0 Å². The maximum atomic E-state index is 11.3. The van der Waals surface area contributed by atoms with Crippen molar-refractivity contribution in [2.45, 2.75) is 40.8 Å². The molecule has 0 bridgehead atoms. The van der Waals surface area contributed by atoms with Gasteiger partial charge in [0.05, 0.1) is 0 Å². The molecule has 118 valence electrons. The minimum atomic E-state index is -1.09. The number of carboxylic acid groups (broad SMARTS) is 1. The van der Waals surface area contributed by atoms with Crippen LogP contribution < -0.4 is 4.74 Å². The van der Waals surface area contributed by atoms with Gasteiger partial charge >= 0.3 is 5.97 Å². The van der Waals surface area contributed by atoms with Gasteiger partial charge in [-0.15, -0.1) is 5.10 Å². The number of aromatic nitrogens is 3. The van der Waals surface area contributed by atoms with E-state index < -0.39 is 5.97 Å². The van der Waals surface area contributed by atoms with Gasteiger partial charge in [0.1, 0.15) is 18.1 Å². The highest BCUT2D eigenvalue weighted by atomic mass is 16.5. The number of aromatic carboxylic acids is 1. The number of benzene rings is 1. The van der Waals surface area contributed by atoms with Crippen LogP contribution in [0.2, 0.25) is 0 Å². The highest BCUT2D eigenvalue weighted by molar-refractivity contribution is 5.86. The van der Waals surface area contributed by atoms with E-state index in [1.165, 1.54) is 0 Å². The molecule has 6 nitrogen and oxygen atoms in total. The van der Waals surface area contributed by atoms with E-state index in [1.54, 1.807) is 4.68 Å². The van der Waals surface area contributed by atoms with E-state index in [1.807, 2.05) is 45.9 Å². The van der Waals surface area contributed by atoms with Gasteiger partial charge in [0.2, 0.25) is 0 Å². The molecule has 0 fully saturated rings. The molecule has 0 aliphatic carbocycles. The lowest BCUT2D eigenvalue weighted by molar-refractivity contribution is 0.0687. The molecule has 0 saturated heterocycles. The molecule has 1 aromatic carbocycles. The summed E-state index contributed by atoms with van der Waals surface area (Å²) < 4.78 is 7.42. The molecule has 0 amide bonds. The van der Waals surface area contributed by atoms with Crippen molar-refractivity contribution in [2.24, 2.45) is 5.92 Å². The fourth-order valence-electron chi connectivity index (χ4n) is 2.14. The number of ether oxygens (including phenoxy) is 1. The van der Waals surface area contributed by atoms with Crippen molar-refractivity contribution in [1.82, 2.24) is 15.0 Å². The smallest absolute Gasteiger partial charge is 0.358 e. The Morgan fingerprint density at radius 3 is 2.73 bits per heavy atom. The molecular formula is C16H21N3O3. The van der Waals surface area contributed by atoms with E-state index in [4.69, 9.17) is 4.74 Å². The van der Waals surface area contributed by atoms with Crippen molar-refractivity contribution in [3.05, 3.63) is 40.7 Å². The van der Waals surface area contributed by atoms with Gasteiger partial charge in [0, 0.05) is 6.54 Å². The van der Waals surface area contributed by atoms with Crippen molar-refractivity contribution in [2.75, 3.05) is 0 Å². The van der Waals surface area contributed by atoms with Gasteiger partial charge in [-0.25, -0.2) is 9.48 Å². The lowest BCUT2D eigenvalue weighted by Crippen LogP contribution is -2.14. The first-order valence-corrected chi connectivity index (χ1v) is 7.24. The topological polar surface area (TPSA) is 77.2 Å². The minimum Gasteiger partial charge on any atom is -0.487 e. The lowest BCUT2D eigenvalue weighted by atomic mass is 10.1. The largest absolute Gasteiger partial charge is 0.487 e. The molecule has 2 aromatic rings. The van der Waals surface area contributed by atoms with Gasteiger partial charge in [-0.05, 0) is 37.0 Å². The van der Waals surface area contributed by atoms with Gasteiger partial charge in [0.15, 0.2) is 5.69 Å². The van der Waals surface area contributed by atoms with Crippen molar-refractivity contribution < 1.29 is 14.6 Å². The Morgan fingerprint density at radius 1 is 1.36 bits per heavy atom. The van der Waals surface area contributed by atoms with Crippen LogP contribution in [0.1, 0.15) is 41.2 Å². The summed E-state index contributed by atoms with van der Waals surface area (Å²) in [5.74, 6) is -0.00833. The first-order chi connectivity index (χ1) is 10.4. The van der Waals surface area contributed by atoms with E-state index in [2.05, 4.69) is 10.3 Å². The van der Waals surface area contributed by atoms with Gasteiger partial charge in [-0.1, -0.05) is 31.2 Å². The molecule has 0 unspecified atom stereocenters. The first-order valence-electron chi connectivity index (χ1n) is 7.24. The van der Waals surface area contributed by atoms with Crippen LogP contribution in [0, 0.1) is 19.8 Å². The molecule has 0 aliphatic heterocycles. The summed E-state index contributed by atoms with van der Waals surface area (Å²) in [4.78, 5) is 11.3. The highest BCUT2D eigenvalue weighted by Crippen LogP contribution is 2.21. The number of rotatable bonds is 6. The van der Waals surface area contributed by atoms with Crippen LogP contribution in [0.3, 0.4) is 0 Å². The fraction of sp³-hybridized carbons (Fsp3) is 0.438. The first kappa shape index (κ1) is 16.0. The summed E-state index contributed by atoms with van der Waals surface area (Å²) >= 11 is 0. The van der Waals surface area contributed by atoms with Crippen LogP contribution in [0.4, 0.5) is 0 Å². The number of hydrogen-bond donors (Lipinski definition) is 1. The third-order valence-electron chi connectivity index (χ3n) is 3.29. The third kappa shape index (κ3) is 3.63. The second kappa shape index (κ2) is 6.60. The predicted molar refractivity (Wildman–Crippen MR) is 82.1 cm³/mol. The van der Waals surface area contributed by atoms with Gasteiger partial charge in [-0.2, -0.15) is 0 Å². The Hall–Kier alpha value is -2.37. The Bertz CT molecular complexity index is 677. The SMILES string of the molecule is Cc1ccc(C)c(OCc2c(C(=O)O)nnn2CC(C)C)c1. The van der Waals surface area contributed by atoms with E-state index >= 15 is 0 Å². The van der Waals surface area contributed by atoms with Crippen LogP contribution in [-0.4, -0.2) is 26.1 Å². The zero-order valence-corrected chi connectivity index (χ0v) is 13.3. The zero-order chi connectivity index (χ0) is 16.3. The van der Waals surface area contributed by atoms with Crippen molar-refractivity contribution in [1.29, 1.82) is 0 Å². The number of carboxylic acids is 1. The van der Waals surface area contributed by atoms with E-state index in [0.717, 1.165) is 16.9 Å². The molecule has 6 heteroatoms. The molecule has 1 aromatic heterocycles. The van der Waals surface area contributed by atoms with Gasteiger partial charge < -0.3 is 9.84 Å². The Labute approximate surface area is 129 Å². The third-order valence-corrected chi connectivity index (χ3v) is 3.29. The minimum absolute atomic E-state index is 0.0500. The summed E-state index contributed by atoms with van der Waals surface area (Å²) in [6.07, 6.45) is 0. The normalized spacial score (nSPS) is 11.0. The molecule has 0 radical (unpaired) electrons. The summed E-state index contributed by atoms with van der Waals surface area (Å²) in [7, 11) is 0. The summed E-state index contributed by atoms with van der Waals surface area (Å²) in [5, 5.41) is 16.9. The zero-order valence-electron chi connectivity index (χ0n) is 13.3. The predicted octanol–water partition coefficient (Wildman–Crippen LogP) is 2.83. The monoisotopic (exact) mass is 303 g/mol. The molecular weight excluding hydrogens is 282 g/mol. The second-order valence-electron chi connectivity index (χ2n) is 5.82. The number of carbonyl (C=O) groups is 1. The molecule has 0 atom stereocenters. The summed E-state index contributed by atoms with van der Waals surface area (Å²) in [6.45, 7) is 8.75. The number of nitrogens with zero attached hydrogens (tertiary/aromatic N) is 3. The fourth-order valence-corrected chi connectivity index (χ4v) is 2.14. The number of hydrogen-bond acceptors (Lipinski definition) is 4. The Balaban J connectivity index is 2.25. The summed E-state index contributed by atoms with van der Waals surface area (Å²) in [6, 6.07) is 5.92. The maximum Gasteiger partial charge on any atom is 0.358 e. The van der Waals surface area contributed by atoms with Gasteiger partial charge in [0.25, 0.3) is 0 Å². The molecule has 1 heterocycles. The van der Waals surface area contributed by atoms with Gasteiger partial charge in [-0.3, -0.25) is 0 Å². The summed E-state index contributed by atoms with van der Waals surface area (Å²) in [5.41, 5.74) is 2.53. The Morgan fingerprint density at radius 2 is 2.09 bits per heavy atom. The lowest BCUT2D eigenvalue weighted by Gasteiger charge is -2.12. The maximum absolute atomic E-state index is 11.3. The average Bonchev–Trinajstić information content (AvgIpc) is 2.82.